The van der Waals surface area contributed by atoms with Crippen LogP contribution < -0.4 is 5.32 Å². The normalized spacial score (nSPS) is 16.9. The topological polar surface area (TPSA) is 200 Å². The minimum Gasteiger partial charge on any atom is -0.508 e. The smallest absolute Gasteiger partial charge is 0.338 e. The first-order valence-electron chi connectivity index (χ1n) is 12.1. The quantitative estimate of drug-likeness (QED) is 0.186. The molecule has 2 atom stereocenters. The van der Waals surface area contributed by atoms with Crippen molar-refractivity contribution in [2.45, 2.75) is 25.0 Å². The standard InChI is InChI=1S/C28H25NO11/c30-16-8-6-14(7-9-16)26(35)29-18-13-39-10-2-5-22(18)40-28(38)15-11-20(32)24(21(33)12-15)25(34)23-17(27(36)37)3-1-4-19(23)31/h1,3-4,6-9,11-12,18,22,30-33H,2,5,10,13H2,(H,29,35)(H,36,37)/t18-,22+/m0/s1. The Balaban J connectivity index is 1.55. The van der Waals surface area contributed by atoms with E-state index in [1.165, 1.54) is 30.3 Å². The Kier molecular flexibility index (Phi) is 8.20. The van der Waals surface area contributed by atoms with Crippen molar-refractivity contribution >= 4 is 23.6 Å². The highest BCUT2D eigenvalue weighted by Gasteiger charge is 2.32. The molecule has 0 saturated carbocycles. The highest BCUT2D eigenvalue weighted by Crippen LogP contribution is 2.35. The molecular weight excluding hydrogens is 526 g/mol. The van der Waals surface area contributed by atoms with Crippen molar-refractivity contribution in [1.82, 2.24) is 5.32 Å². The second-order valence-corrected chi connectivity index (χ2v) is 9.01. The number of hydrogen-bond donors (Lipinski definition) is 6. The van der Waals surface area contributed by atoms with Gasteiger partial charge in [0.05, 0.1) is 29.3 Å². The van der Waals surface area contributed by atoms with Crippen LogP contribution in [-0.4, -0.2) is 74.5 Å². The average molecular weight is 552 g/mol. The predicted molar refractivity (Wildman–Crippen MR) is 137 cm³/mol. The number of hydrogen-bond acceptors (Lipinski definition) is 10. The van der Waals surface area contributed by atoms with Gasteiger partial charge in [0.15, 0.2) is 0 Å². The van der Waals surface area contributed by atoms with E-state index in [9.17, 15) is 44.7 Å². The number of carboxylic acid groups (broad SMARTS) is 1. The lowest BCUT2D eigenvalue weighted by Gasteiger charge is -2.25. The number of aromatic carboxylic acids is 1. The molecule has 3 aromatic carbocycles. The molecule has 0 unspecified atom stereocenters. The van der Waals surface area contributed by atoms with E-state index < -0.39 is 69.7 Å². The van der Waals surface area contributed by atoms with Gasteiger partial charge < -0.3 is 40.3 Å². The molecule has 1 amide bonds. The van der Waals surface area contributed by atoms with Crippen LogP contribution in [0, 0.1) is 0 Å². The third kappa shape index (κ3) is 5.97. The number of esters is 1. The van der Waals surface area contributed by atoms with Gasteiger partial charge in [0, 0.05) is 12.2 Å². The van der Waals surface area contributed by atoms with E-state index in [2.05, 4.69) is 5.32 Å². The van der Waals surface area contributed by atoms with Crippen LogP contribution in [0.4, 0.5) is 0 Å². The summed E-state index contributed by atoms with van der Waals surface area (Å²) in [5.74, 6) is -6.54. The molecule has 4 rings (SSSR count). The molecule has 0 bridgehead atoms. The van der Waals surface area contributed by atoms with Crippen molar-refractivity contribution < 1.29 is 54.2 Å². The molecule has 1 heterocycles. The third-order valence-corrected chi connectivity index (χ3v) is 6.29. The number of carbonyl (C=O) groups excluding carboxylic acids is 3. The molecule has 0 radical (unpaired) electrons. The molecule has 12 nitrogen and oxygen atoms in total. The van der Waals surface area contributed by atoms with Gasteiger partial charge >= 0.3 is 11.9 Å². The van der Waals surface area contributed by atoms with E-state index in [0.717, 1.165) is 24.3 Å². The Morgan fingerprint density at radius 1 is 0.850 bits per heavy atom. The maximum absolute atomic E-state index is 13.0. The Hall–Kier alpha value is -5.10. The number of carboxylic acids is 1. The van der Waals surface area contributed by atoms with Crippen molar-refractivity contribution in [1.29, 1.82) is 0 Å². The summed E-state index contributed by atoms with van der Waals surface area (Å²) in [6.45, 7) is 0.404. The number of phenolic OH excluding ortho intramolecular Hbond substituents is 4. The maximum Gasteiger partial charge on any atom is 0.338 e. The largest absolute Gasteiger partial charge is 0.508 e. The van der Waals surface area contributed by atoms with Gasteiger partial charge in [-0.1, -0.05) is 6.07 Å². The summed E-state index contributed by atoms with van der Waals surface area (Å²) in [6.07, 6.45) is -0.00697. The van der Waals surface area contributed by atoms with Crippen LogP contribution >= 0.6 is 0 Å². The zero-order chi connectivity index (χ0) is 29.0. The van der Waals surface area contributed by atoms with Crippen LogP contribution in [0.2, 0.25) is 0 Å². The molecule has 40 heavy (non-hydrogen) atoms. The molecule has 1 aliphatic rings. The number of ether oxygens (including phenoxy) is 2. The second-order valence-electron chi connectivity index (χ2n) is 9.01. The van der Waals surface area contributed by atoms with Crippen molar-refractivity contribution in [3.05, 3.63) is 82.4 Å². The maximum atomic E-state index is 13.0. The average Bonchev–Trinajstić information content (AvgIpc) is 3.12. The van der Waals surface area contributed by atoms with E-state index in [1.54, 1.807) is 0 Å². The van der Waals surface area contributed by atoms with Gasteiger partial charge in [0.2, 0.25) is 5.78 Å². The van der Waals surface area contributed by atoms with Gasteiger partial charge in [0.25, 0.3) is 5.91 Å². The first-order chi connectivity index (χ1) is 19.1. The molecule has 3 aromatic rings. The predicted octanol–water partition coefficient (Wildman–Crippen LogP) is 2.57. The molecule has 0 aromatic heterocycles. The first-order valence-corrected chi connectivity index (χ1v) is 12.1. The van der Waals surface area contributed by atoms with Crippen LogP contribution in [0.15, 0.2) is 54.6 Å². The molecule has 6 N–H and O–H groups in total. The minimum absolute atomic E-state index is 0.0109. The molecule has 1 fully saturated rings. The number of amides is 1. The fourth-order valence-electron chi connectivity index (χ4n) is 4.30. The zero-order valence-electron chi connectivity index (χ0n) is 20.9. The van der Waals surface area contributed by atoms with E-state index >= 15 is 0 Å². The van der Waals surface area contributed by atoms with Gasteiger partial charge in [0.1, 0.15) is 34.7 Å². The van der Waals surface area contributed by atoms with Gasteiger partial charge in [-0.05, 0) is 61.4 Å². The summed E-state index contributed by atoms with van der Waals surface area (Å²) in [5.41, 5.74) is -1.99. The van der Waals surface area contributed by atoms with Gasteiger partial charge in [-0.25, -0.2) is 9.59 Å². The lowest BCUT2D eigenvalue weighted by molar-refractivity contribution is 0.0134. The van der Waals surface area contributed by atoms with Crippen molar-refractivity contribution in [2.75, 3.05) is 13.2 Å². The zero-order valence-corrected chi connectivity index (χ0v) is 20.9. The van der Waals surface area contributed by atoms with Crippen molar-refractivity contribution in [3.63, 3.8) is 0 Å². The summed E-state index contributed by atoms with van der Waals surface area (Å²) in [6, 6.07) is 9.91. The Labute approximate surface area is 227 Å². The number of nitrogens with one attached hydrogen (secondary N) is 1. The van der Waals surface area contributed by atoms with Gasteiger partial charge in [-0.3, -0.25) is 9.59 Å². The van der Waals surface area contributed by atoms with Crippen LogP contribution in [0.25, 0.3) is 0 Å². The number of ketones is 1. The summed E-state index contributed by atoms with van der Waals surface area (Å²) >= 11 is 0. The SMILES string of the molecule is O=C(N[C@H]1COCCC[C@H]1OC(=O)c1cc(O)c(C(=O)c2c(O)cccc2C(=O)O)c(O)c1)c1ccc(O)cc1. The van der Waals surface area contributed by atoms with Crippen molar-refractivity contribution in [3.8, 4) is 23.0 Å². The molecular formula is C28H25NO11. The molecule has 0 aliphatic carbocycles. The van der Waals surface area contributed by atoms with Gasteiger partial charge in [-0.15, -0.1) is 0 Å². The molecule has 12 heteroatoms. The summed E-state index contributed by atoms with van der Waals surface area (Å²) in [7, 11) is 0. The number of benzene rings is 3. The Morgan fingerprint density at radius 3 is 2.17 bits per heavy atom. The number of carbonyl (C=O) groups is 4. The molecule has 0 spiro atoms. The number of phenols is 4. The van der Waals surface area contributed by atoms with E-state index in [-0.39, 0.29) is 23.5 Å². The van der Waals surface area contributed by atoms with E-state index in [0.29, 0.717) is 19.4 Å². The summed E-state index contributed by atoms with van der Waals surface area (Å²) < 4.78 is 11.1. The molecule has 208 valence electrons. The fourth-order valence-corrected chi connectivity index (χ4v) is 4.30. The highest BCUT2D eigenvalue weighted by atomic mass is 16.5. The monoisotopic (exact) mass is 551 g/mol. The lowest BCUT2D eigenvalue weighted by Crippen LogP contribution is -2.47. The first kappa shape index (κ1) is 27.9. The van der Waals surface area contributed by atoms with Crippen molar-refractivity contribution in [2.24, 2.45) is 0 Å². The number of aromatic hydroxyl groups is 4. The third-order valence-electron chi connectivity index (χ3n) is 6.29. The Bertz CT molecular complexity index is 1440. The fraction of sp³-hybridized carbons (Fsp3) is 0.214. The van der Waals surface area contributed by atoms with Crippen LogP contribution in [0.5, 0.6) is 23.0 Å². The summed E-state index contributed by atoms with van der Waals surface area (Å²) in [4.78, 5) is 50.2. The van der Waals surface area contributed by atoms with Gasteiger partial charge in [-0.2, -0.15) is 0 Å². The Morgan fingerprint density at radius 2 is 1.52 bits per heavy atom. The van der Waals surface area contributed by atoms with Crippen LogP contribution in [0.1, 0.15) is 59.8 Å². The minimum atomic E-state index is -1.52. The number of rotatable bonds is 7. The van der Waals surface area contributed by atoms with E-state index in [1.807, 2.05) is 0 Å². The second kappa shape index (κ2) is 11.7. The highest BCUT2D eigenvalue weighted by molar-refractivity contribution is 6.18. The molecule has 1 saturated heterocycles. The van der Waals surface area contributed by atoms with Crippen LogP contribution in [0.3, 0.4) is 0 Å². The van der Waals surface area contributed by atoms with E-state index in [4.69, 9.17) is 9.47 Å². The molecule has 1 aliphatic heterocycles. The lowest BCUT2D eigenvalue weighted by atomic mass is 9.95. The van der Waals surface area contributed by atoms with Crippen LogP contribution in [-0.2, 0) is 9.47 Å². The summed E-state index contributed by atoms with van der Waals surface area (Å²) in [5, 5.41) is 52.7.